The first-order valence-electron chi connectivity index (χ1n) is 16.1. The van der Waals surface area contributed by atoms with Gasteiger partial charge in [0.25, 0.3) is 6.02 Å². The number of nitrogens with zero attached hydrogens (tertiary/aromatic N) is 1. The van der Waals surface area contributed by atoms with Crippen molar-refractivity contribution in [1.82, 2.24) is 0 Å². The Morgan fingerprint density at radius 1 is 0.851 bits per heavy atom. The SMILES string of the molecule is CCCCCCCCCCCCOc1ccc(S(=O)(=O)C(CC)C(=O)Nc2ccc(N=C(N)Oc3ccc(Cl)c(Cl)c3)c(O)c2)cc1. The summed E-state index contributed by atoms with van der Waals surface area (Å²) in [7, 11) is -4.01. The van der Waals surface area contributed by atoms with Gasteiger partial charge in [-0.3, -0.25) is 4.79 Å². The molecule has 3 aromatic rings. The summed E-state index contributed by atoms with van der Waals surface area (Å²) in [6.45, 7) is 4.42. The molecule has 0 spiro atoms. The maximum Gasteiger partial charge on any atom is 0.292 e. The van der Waals surface area contributed by atoms with Gasteiger partial charge in [0.05, 0.1) is 21.5 Å². The van der Waals surface area contributed by atoms with Gasteiger partial charge < -0.3 is 25.6 Å². The minimum absolute atomic E-state index is 0.0239. The molecule has 0 bridgehead atoms. The number of rotatable bonds is 19. The number of carbonyl (C=O) groups excluding carboxylic acids is 1. The molecule has 0 heterocycles. The fourth-order valence-electron chi connectivity index (χ4n) is 4.94. The van der Waals surface area contributed by atoms with Crippen molar-refractivity contribution in [3.63, 3.8) is 0 Å². The molecule has 1 unspecified atom stereocenters. The zero-order chi connectivity index (χ0) is 34.2. The number of amides is 1. The van der Waals surface area contributed by atoms with Gasteiger partial charge in [-0.1, -0.05) is 94.8 Å². The number of amidine groups is 1. The van der Waals surface area contributed by atoms with Crippen LogP contribution in [0.5, 0.6) is 17.2 Å². The normalized spacial score (nSPS) is 12.5. The Balaban J connectivity index is 1.50. The van der Waals surface area contributed by atoms with Crippen LogP contribution in [-0.2, 0) is 14.6 Å². The van der Waals surface area contributed by atoms with Crippen LogP contribution in [0.4, 0.5) is 11.4 Å². The van der Waals surface area contributed by atoms with E-state index < -0.39 is 21.0 Å². The molecule has 1 atom stereocenters. The number of aliphatic imine (C=N–C) groups is 1. The first-order chi connectivity index (χ1) is 22.5. The van der Waals surface area contributed by atoms with Gasteiger partial charge in [0.15, 0.2) is 9.84 Å². The average molecular weight is 707 g/mol. The lowest BCUT2D eigenvalue weighted by Gasteiger charge is -2.17. The average Bonchev–Trinajstić information content (AvgIpc) is 3.03. The molecular formula is C35H45Cl2N3O6S. The molecule has 47 heavy (non-hydrogen) atoms. The second-order valence-corrected chi connectivity index (χ2v) is 14.2. The summed E-state index contributed by atoms with van der Waals surface area (Å²) in [6, 6.07) is 14.5. The van der Waals surface area contributed by atoms with Gasteiger partial charge in [0, 0.05) is 17.8 Å². The first kappa shape index (κ1) is 38.0. The molecule has 0 aliphatic rings. The highest BCUT2D eigenvalue weighted by atomic mass is 35.5. The van der Waals surface area contributed by atoms with Crippen molar-refractivity contribution >= 4 is 56.3 Å². The second kappa shape index (κ2) is 19.4. The summed E-state index contributed by atoms with van der Waals surface area (Å²) in [4.78, 5) is 17.2. The van der Waals surface area contributed by atoms with E-state index in [-0.39, 0.29) is 39.5 Å². The molecule has 9 nitrogen and oxygen atoms in total. The van der Waals surface area contributed by atoms with Crippen LogP contribution in [0.1, 0.15) is 84.5 Å². The van der Waals surface area contributed by atoms with E-state index in [1.165, 1.54) is 93.8 Å². The predicted octanol–water partition coefficient (Wildman–Crippen LogP) is 9.21. The van der Waals surface area contributed by atoms with E-state index in [0.29, 0.717) is 23.1 Å². The van der Waals surface area contributed by atoms with Crippen LogP contribution in [0.2, 0.25) is 10.0 Å². The summed E-state index contributed by atoms with van der Waals surface area (Å²) in [5.74, 6) is -0.166. The molecule has 0 radical (unpaired) electrons. The van der Waals surface area contributed by atoms with E-state index >= 15 is 0 Å². The zero-order valence-electron chi connectivity index (χ0n) is 27.0. The number of nitrogens with one attached hydrogen (secondary N) is 1. The Morgan fingerprint density at radius 2 is 1.47 bits per heavy atom. The number of hydrogen-bond donors (Lipinski definition) is 3. The third-order valence-electron chi connectivity index (χ3n) is 7.54. The fourth-order valence-corrected chi connectivity index (χ4v) is 6.85. The van der Waals surface area contributed by atoms with E-state index in [1.807, 2.05) is 0 Å². The van der Waals surface area contributed by atoms with Gasteiger partial charge in [-0.2, -0.15) is 4.99 Å². The van der Waals surface area contributed by atoms with E-state index in [2.05, 4.69) is 17.2 Å². The number of aromatic hydroxyl groups is 1. The van der Waals surface area contributed by atoms with Crippen LogP contribution >= 0.6 is 23.2 Å². The lowest BCUT2D eigenvalue weighted by Crippen LogP contribution is -2.34. The third-order valence-corrected chi connectivity index (χ3v) is 10.5. The van der Waals surface area contributed by atoms with Crippen LogP contribution < -0.4 is 20.5 Å². The Bertz CT molecular complexity index is 1580. The Morgan fingerprint density at radius 3 is 2.06 bits per heavy atom. The predicted molar refractivity (Wildman–Crippen MR) is 190 cm³/mol. The summed E-state index contributed by atoms with van der Waals surface area (Å²) in [6.07, 6.45) is 12.4. The molecular weight excluding hydrogens is 661 g/mol. The van der Waals surface area contributed by atoms with Crippen LogP contribution in [-0.4, -0.2) is 37.3 Å². The van der Waals surface area contributed by atoms with Crippen molar-refractivity contribution in [2.45, 2.75) is 94.6 Å². The Hall–Kier alpha value is -3.47. The van der Waals surface area contributed by atoms with Gasteiger partial charge in [-0.05, 0) is 61.4 Å². The highest BCUT2D eigenvalue weighted by Gasteiger charge is 2.32. The van der Waals surface area contributed by atoms with E-state index in [9.17, 15) is 18.3 Å². The maximum atomic E-state index is 13.4. The highest BCUT2D eigenvalue weighted by molar-refractivity contribution is 7.92. The molecule has 12 heteroatoms. The van der Waals surface area contributed by atoms with E-state index in [0.717, 1.165) is 12.8 Å². The molecule has 3 rings (SSSR count). The lowest BCUT2D eigenvalue weighted by molar-refractivity contribution is -0.115. The van der Waals surface area contributed by atoms with Gasteiger partial charge >= 0.3 is 0 Å². The summed E-state index contributed by atoms with van der Waals surface area (Å²) in [5.41, 5.74) is 6.09. The number of halogens is 2. The monoisotopic (exact) mass is 705 g/mol. The molecule has 1 amide bonds. The van der Waals surface area contributed by atoms with E-state index in [1.54, 1.807) is 25.1 Å². The summed E-state index contributed by atoms with van der Waals surface area (Å²) < 4.78 is 38.0. The number of anilines is 1. The number of phenolic OH excluding ortho intramolecular Hbond substituents is 1. The van der Waals surface area contributed by atoms with Crippen LogP contribution in [0.25, 0.3) is 0 Å². The third kappa shape index (κ3) is 12.2. The van der Waals surface area contributed by atoms with Crippen LogP contribution in [0.3, 0.4) is 0 Å². The van der Waals surface area contributed by atoms with Gasteiger partial charge in [-0.25, -0.2) is 8.42 Å². The van der Waals surface area contributed by atoms with Crippen molar-refractivity contribution < 1.29 is 27.8 Å². The van der Waals surface area contributed by atoms with Gasteiger partial charge in [0.2, 0.25) is 5.91 Å². The van der Waals surface area contributed by atoms with Crippen LogP contribution in [0.15, 0.2) is 70.6 Å². The molecule has 256 valence electrons. The highest BCUT2D eigenvalue weighted by Crippen LogP contribution is 2.31. The smallest absolute Gasteiger partial charge is 0.292 e. The van der Waals surface area contributed by atoms with Crippen molar-refractivity contribution in [1.29, 1.82) is 0 Å². The quantitative estimate of drug-likeness (QED) is 0.0641. The fraction of sp³-hybridized carbons (Fsp3) is 0.429. The molecule has 0 aromatic heterocycles. The Kier molecular flexibility index (Phi) is 15.7. The molecule has 3 aromatic carbocycles. The first-order valence-corrected chi connectivity index (χ1v) is 18.4. The number of ether oxygens (including phenoxy) is 2. The number of unbranched alkanes of at least 4 members (excludes halogenated alkanes) is 9. The standard InChI is InChI=1S/C35H45Cl2N3O6S/c1-3-5-6-7-8-9-10-11-12-13-22-45-26-15-18-28(19-16-26)47(43,44)33(4-2)34(42)39-25-14-21-31(32(41)23-25)40-35(38)46-27-17-20-29(36)30(37)24-27/h14-21,23-24,33,41H,3-13,22H2,1-2H3,(H2,38,40)(H,39,42). The van der Waals surface area contributed by atoms with Gasteiger partial charge in [-0.15, -0.1) is 0 Å². The maximum absolute atomic E-state index is 13.4. The molecule has 0 saturated carbocycles. The number of sulfone groups is 1. The topological polar surface area (TPSA) is 140 Å². The van der Waals surface area contributed by atoms with Crippen molar-refractivity contribution in [3.8, 4) is 17.2 Å². The van der Waals surface area contributed by atoms with Crippen molar-refractivity contribution in [2.75, 3.05) is 11.9 Å². The second-order valence-electron chi connectivity index (χ2n) is 11.3. The minimum Gasteiger partial charge on any atom is -0.506 e. The Labute approximate surface area is 288 Å². The molecule has 0 saturated heterocycles. The summed E-state index contributed by atoms with van der Waals surface area (Å²) in [5, 5.41) is 12.3. The minimum atomic E-state index is -4.01. The molecule has 0 aliphatic heterocycles. The number of carbonyl (C=O) groups is 1. The molecule has 4 N–H and O–H groups in total. The lowest BCUT2D eigenvalue weighted by atomic mass is 10.1. The van der Waals surface area contributed by atoms with Crippen molar-refractivity contribution in [2.24, 2.45) is 10.7 Å². The largest absolute Gasteiger partial charge is 0.506 e. The number of hydrogen-bond acceptors (Lipinski definition) is 7. The summed E-state index contributed by atoms with van der Waals surface area (Å²) >= 11 is 11.9. The number of nitrogens with two attached hydrogens (primary N) is 1. The van der Waals surface area contributed by atoms with E-state index in [4.69, 9.17) is 38.4 Å². The van der Waals surface area contributed by atoms with Crippen molar-refractivity contribution in [3.05, 3.63) is 70.7 Å². The van der Waals surface area contributed by atoms with Gasteiger partial charge in [0.1, 0.15) is 28.2 Å². The molecule has 0 aliphatic carbocycles. The number of phenols is 1. The van der Waals surface area contributed by atoms with Crippen LogP contribution in [0, 0.1) is 0 Å². The molecule has 0 fully saturated rings. The zero-order valence-corrected chi connectivity index (χ0v) is 29.3. The number of benzene rings is 3.